The highest BCUT2D eigenvalue weighted by Crippen LogP contribution is 2.47. The van der Waals surface area contributed by atoms with Crippen LogP contribution in [0.25, 0.3) is 92.8 Å². The van der Waals surface area contributed by atoms with Gasteiger partial charge in [0.25, 0.3) is 0 Å². The van der Waals surface area contributed by atoms with Crippen LogP contribution < -0.4 is 0 Å². The molecule has 0 radical (unpaired) electrons. The third-order valence-electron chi connectivity index (χ3n) is 10.2. The van der Waals surface area contributed by atoms with Crippen LogP contribution in [0.5, 0.6) is 0 Å². The molecule has 220 valence electrons. The smallest absolute Gasteiger partial charge is 0.0626 e. The van der Waals surface area contributed by atoms with Crippen LogP contribution in [0.1, 0.15) is 12.8 Å². The largest absolute Gasteiger partial charge is 0.309 e. The molecule has 1 aliphatic carbocycles. The Morgan fingerprint density at radius 3 is 1.85 bits per heavy atom. The van der Waals surface area contributed by atoms with Gasteiger partial charge in [0, 0.05) is 27.2 Å². The minimum Gasteiger partial charge on any atom is -0.309 e. The van der Waals surface area contributed by atoms with Crippen molar-refractivity contribution >= 4 is 70.6 Å². The SMILES string of the molecule is C1=CC(n2c3ccccc3c3c4c5ccccc5c(-c5ccc(-c6cccc7ccccc67)cc5)cc4c4ccccc4c32)=CCC1. The molecule has 1 nitrogen and oxygen atoms in total. The minimum atomic E-state index is 1.07. The molecule has 0 amide bonds. The van der Waals surface area contributed by atoms with Crippen molar-refractivity contribution in [2.75, 3.05) is 0 Å². The van der Waals surface area contributed by atoms with Crippen molar-refractivity contribution in [3.05, 3.63) is 164 Å². The summed E-state index contributed by atoms with van der Waals surface area (Å²) in [5.41, 5.74) is 8.83. The van der Waals surface area contributed by atoms with Crippen molar-refractivity contribution in [3.8, 4) is 22.3 Å². The second-order valence-corrected chi connectivity index (χ2v) is 12.7. The molecule has 0 unspecified atom stereocenters. The number of fused-ring (bicyclic) bond motifs is 11. The molecule has 0 saturated heterocycles. The molecule has 9 aromatic rings. The molecule has 0 spiro atoms. The van der Waals surface area contributed by atoms with E-state index < -0.39 is 0 Å². The molecule has 10 rings (SSSR count). The third-order valence-corrected chi connectivity index (χ3v) is 10.2. The predicted octanol–water partition coefficient (Wildman–Crippen LogP) is 12.9. The number of hydrogen-bond acceptors (Lipinski definition) is 0. The number of para-hydroxylation sites is 1. The van der Waals surface area contributed by atoms with Crippen molar-refractivity contribution in [1.29, 1.82) is 0 Å². The Morgan fingerprint density at radius 2 is 1.06 bits per heavy atom. The third kappa shape index (κ3) is 3.90. The van der Waals surface area contributed by atoms with Crippen LogP contribution in [0.3, 0.4) is 0 Å². The number of nitrogens with zero attached hydrogens (tertiary/aromatic N) is 1. The molecule has 1 heteroatoms. The summed E-state index contributed by atoms with van der Waals surface area (Å²) in [4.78, 5) is 0. The topological polar surface area (TPSA) is 4.93 Å². The van der Waals surface area contributed by atoms with Crippen LogP contribution in [0.15, 0.2) is 164 Å². The lowest BCUT2D eigenvalue weighted by Crippen LogP contribution is -1.98. The first-order chi connectivity index (χ1) is 23.3. The maximum absolute atomic E-state index is 2.51. The highest BCUT2D eigenvalue weighted by molar-refractivity contribution is 6.38. The molecule has 0 N–H and O–H groups in total. The van der Waals surface area contributed by atoms with E-state index in [0.29, 0.717) is 0 Å². The fourth-order valence-corrected chi connectivity index (χ4v) is 8.11. The van der Waals surface area contributed by atoms with Gasteiger partial charge in [-0.2, -0.15) is 0 Å². The first kappa shape index (κ1) is 26.3. The van der Waals surface area contributed by atoms with Gasteiger partial charge in [-0.25, -0.2) is 0 Å². The first-order valence-corrected chi connectivity index (χ1v) is 16.6. The van der Waals surface area contributed by atoms with Crippen molar-refractivity contribution < 1.29 is 0 Å². The maximum atomic E-state index is 2.51. The molecule has 47 heavy (non-hydrogen) atoms. The Bertz CT molecular complexity index is 2770. The molecule has 1 aliphatic rings. The molecule has 0 bridgehead atoms. The van der Waals surface area contributed by atoms with Crippen molar-refractivity contribution in [2.24, 2.45) is 0 Å². The summed E-state index contributed by atoms with van der Waals surface area (Å²) in [5.74, 6) is 0. The van der Waals surface area contributed by atoms with Gasteiger partial charge in [0.15, 0.2) is 0 Å². The van der Waals surface area contributed by atoms with E-state index in [1.807, 2.05) is 0 Å². The molecule has 0 fully saturated rings. The van der Waals surface area contributed by atoms with E-state index >= 15 is 0 Å². The zero-order valence-corrected chi connectivity index (χ0v) is 25.9. The van der Waals surface area contributed by atoms with Crippen molar-refractivity contribution in [1.82, 2.24) is 4.57 Å². The summed E-state index contributed by atoms with van der Waals surface area (Å²) in [6.45, 7) is 0. The van der Waals surface area contributed by atoms with E-state index in [4.69, 9.17) is 0 Å². The summed E-state index contributed by atoms with van der Waals surface area (Å²) >= 11 is 0. The fourth-order valence-electron chi connectivity index (χ4n) is 8.11. The summed E-state index contributed by atoms with van der Waals surface area (Å²) in [6, 6.07) is 53.8. The molecule has 0 aliphatic heterocycles. The lowest BCUT2D eigenvalue weighted by atomic mass is 9.88. The zero-order chi connectivity index (χ0) is 30.9. The van der Waals surface area contributed by atoms with Crippen LogP contribution in [0, 0.1) is 0 Å². The van der Waals surface area contributed by atoms with Crippen LogP contribution in [-0.4, -0.2) is 4.57 Å². The normalized spacial score (nSPS) is 13.4. The molecule has 0 atom stereocenters. The summed E-state index contributed by atoms with van der Waals surface area (Å²) in [5, 5.41) is 13.0. The van der Waals surface area contributed by atoms with E-state index in [0.717, 1.165) is 12.8 Å². The van der Waals surface area contributed by atoms with Gasteiger partial charge in [-0.3, -0.25) is 0 Å². The fraction of sp³-hybridized carbons (Fsp3) is 0.0435. The number of hydrogen-bond donors (Lipinski definition) is 0. The maximum Gasteiger partial charge on any atom is 0.0626 e. The molecular weight excluding hydrogens is 567 g/mol. The molecular formula is C46H31N. The second kappa shape index (κ2) is 10.3. The highest BCUT2D eigenvalue weighted by atomic mass is 15.0. The Balaban J connectivity index is 1.29. The van der Waals surface area contributed by atoms with Crippen LogP contribution in [0.2, 0.25) is 0 Å². The lowest BCUT2D eigenvalue weighted by molar-refractivity contribution is 1.02. The number of allylic oxidation sites excluding steroid dienone is 4. The quantitative estimate of drug-likeness (QED) is 0.179. The van der Waals surface area contributed by atoms with Gasteiger partial charge in [-0.1, -0.05) is 146 Å². The molecule has 0 saturated carbocycles. The first-order valence-electron chi connectivity index (χ1n) is 16.6. The zero-order valence-electron chi connectivity index (χ0n) is 25.9. The van der Waals surface area contributed by atoms with E-state index in [9.17, 15) is 0 Å². The number of rotatable bonds is 3. The Labute approximate surface area is 273 Å². The molecule has 1 aromatic heterocycles. The molecule has 1 heterocycles. The summed E-state index contributed by atoms with van der Waals surface area (Å²) in [7, 11) is 0. The van der Waals surface area contributed by atoms with Gasteiger partial charge in [0.1, 0.15) is 0 Å². The van der Waals surface area contributed by atoms with E-state index in [2.05, 4.69) is 168 Å². The van der Waals surface area contributed by atoms with E-state index in [1.165, 1.54) is 92.8 Å². The predicted molar refractivity (Wildman–Crippen MR) is 203 cm³/mol. The van der Waals surface area contributed by atoms with E-state index in [-0.39, 0.29) is 0 Å². The Kier molecular flexibility index (Phi) is 5.77. The standard InChI is InChI=1S/C46H31N/c1-2-15-33(16-3-1)47-43-24-11-10-22-40(43)45-44-38-20-8-6-18-36(38)41(29-42(44)37-19-7-9-21-39(37)46(45)47)32-27-25-31(26-28-32)35-23-12-14-30-13-4-5-17-34(30)35/h2,4-29H,1,3H2. The van der Waals surface area contributed by atoms with Gasteiger partial charge in [-0.15, -0.1) is 0 Å². The Morgan fingerprint density at radius 1 is 0.426 bits per heavy atom. The average Bonchev–Trinajstić information content (AvgIpc) is 3.50. The van der Waals surface area contributed by atoms with Gasteiger partial charge >= 0.3 is 0 Å². The van der Waals surface area contributed by atoms with Crippen LogP contribution in [-0.2, 0) is 0 Å². The number of benzene rings is 8. The van der Waals surface area contributed by atoms with Crippen molar-refractivity contribution in [2.45, 2.75) is 12.8 Å². The Hall–Kier alpha value is -5.92. The van der Waals surface area contributed by atoms with Crippen molar-refractivity contribution in [3.63, 3.8) is 0 Å². The van der Waals surface area contributed by atoms with Crippen LogP contribution in [0.4, 0.5) is 0 Å². The van der Waals surface area contributed by atoms with Crippen LogP contribution >= 0.6 is 0 Å². The summed E-state index contributed by atoms with van der Waals surface area (Å²) in [6.07, 6.45) is 9.18. The second-order valence-electron chi connectivity index (χ2n) is 12.7. The summed E-state index contributed by atoms with van der Waals surface area (Å²) < 4.78 is 2.51. The van der Waals surface area contributed by atoms with Gasteiger partial charge in [0.05, 0.1) is 11.0 Å². The minimum absolute atomic E-state index is 1.07. The average molecular weight is 598 g/mol. The monoisotopic (exact) mass is 597 g/mol. The van der Waals surface area contributed by atoms with Gasteiger partial charge in [0.2, 0.25) is 0 Å². The van der Waals surface area contributed by atoms with Gasteiger partial charge in [-0.05, 0) is 85.6 Å². The van der Waals surface area contributed by atoms with Gasteiger partial charge < -0.3 is 4.57 Å². The lowest BCUT2D eigenvalue weighted by Gasteiger charge is -2.17. The number of aromatic nitrogens is 1. The molecule has 8 aromatic carbocycles. The highest BCUT2D eigenvalue weighted by Gasteiger charge is 2.22. The van der Waals surface area contributed by atoms with E-state index in [1.54, 1.807) is 0 Å².